The Morgan fingerprint density at radius 2 is 1.52 bits per heavy atom. The number of unbranched alkanes of at least 4 members (excludes halogenated alkanes) is 3. The summed E-state index contributed by atoms with van der Waals surface area (Å²) >= 11 is 0. The van der Waals surface area contributed by atoms with Crippen molar-refractivity contribution in [2.75, 3.05) is 0 Å². The molecule has 0 heterocycles. The first-order valence-electron chi connectivity index (χ1n) is 13.0. The highest BCUT2D eigenvalue weighted by Crippen LogP contribution is 2.36. The second-order valence-corrected chi connectivity index (χ2v) is 9.78. The fraction of sp³-hybridized carbons (Fsp3) is 0.438. The molecule has 1 heteroatoms. The third-order valence-electron chi connectivity index (χ3n) is 7.49. The van der Waals surface area contributed by atoms with Gasteiger partial charge in [0.2, 0.25) is 0 Å². The van der Waals surface area contributed by atoms with Crippen molar-refractivity contribution in [2.45, 2.75) is 84.0 Å². The number of halogens is 1. The van der Waals surface area contributed by atoms with E-state index in [1.54, 1.807) is 0 Å². The van der Waals surface area contributed by atoms with E-state index < -0.39 is 0 Å². The van der Waals surface area contributed by atoms with E-state index in [0.29, 0.717) is 11.3 Å². The number of rotatable bonds is 7. The Morgan fingerprint density at radius 1 is 0.788 bits per heavy atom. The minimum Gasteiger partial charge on any atom is -0.206 e. The molecule has 0 amide bonds. The predicted molar refractivity (Wildman–Crippen MR) is 139 cm³/mol. The minimum atomic E-state index is -0.0629. The Bertz CT molecular complexity index is 1100. The monoisotopic (exact) mass is 440 g/mol. The summed E-state index contributed by atoms with van der Waals surface area (Å²) in [7, 11) is 0. The zero-order valence-electron chi connectivity index (χ0n) is 20.3. The normalized spacial score (nSPS) is 18.2. The van der Waals surface area contributed by atoms with Gasteiger partial charge in [-0.3, -0.25) is 0 Å². The maximum Gasteiger partial charge on any atom is 0.134 e. The second kappa shape index (κ2) is 11.5. The molecule has 172 valence electrons. The van der Waals surface area contributed by atoms with Crippen LogP contribution in [0, 0.1) is 23.6 Å². The molecule has 0 radical (unpaired) electrons. The molecule has 0 unspecified atom stereocenters. The lowest BCUT2D eigenvalue weighted by Crippen LogP contribution is -2.12. The van der Waals surface area contributed by atoms with Crippen LogP contribution in [0.4, 0.5) is 4.39 Å². The SMILES string of the molecule is CCCCCCc1ccc2cc(C#Cc3ccc(C4CCC(CC)CC4)cc3)ccc2c1F. The molecule has 0 bridgehead atoms. The van der Waals surface area contributed by atoms with Crippen molar-refractivity contribution in [3.05, 3.63) is 82.7 Å². The molecule has 0 saturated heterocycles. The van der Waals surface area contributed by atoms with E-state index in [-0.39, 0.29) is 5.82 Å². The van der Waals surface area contributed by atoms with Crippen molar-refractivity contribution < 1.29 is 4.39 Å². The quantitative estimate of drug-likeness (QED) is 0.254. The molecule has 1 fully saturated rings. The van der Waals surface area contributed by atoms with E-state index in [2.05, 4.69) is 50.0 Å². The lowest BCUT2D eigenvalue weighted by atomic mass is 9.78. The third-order valence-corrected chi connectivity index (χ3v) is 7.49. The zero-order valence-corrected chi connectivity index (χ0v) is 20.3. The van der Waals surface area contributed by atoms with Crippen molar-refractivity contribution in [2.24, 2.45) is 5.92 Å². The van der Waals surface area contributed by atoms with Gasteiger partial charge in [0.15, 0.2) is 0 Å². The summed E-state index contributed by atoms with van der Waals surface area (Å²) in [5, 5.41) is 1.63. The van der Waals surface area contributed by atoms with Gasteiger partial charge in [0.05, 0.1) is 0 Å². The maximum atomic E-state index is 15.0. The third kappa shape index (κ3) is 6.05. The molecule has 0 atom stereocenters. The average molecular weight is 441 g/mol. The molecule has 0 nitrogen and oxygen atoms in total. The smallest absolute Gasteiger partial charge is 0.134 e. The van der Waals surface area contributed by atoms with E-state index in [9.17, 15) is 4.39 Å². The number of hydrogen-bond donors (Lipinski definition) is 0. The van der Waals surface area contributed by atoms with Crippen molar-refractivity contribution in [1.29, 1.82) is 0 Å². The van der Waals surface area contributed by atoms with Crippen LogP contribution >= 0.6 is 0 Å². The molecule has 1 aliphatic rings. The van der Waals surface area contributed by atoms with Crippen molar-refractivity contribution in [3.8, 4) is 11.8 Å². The van der Waals surface area contributed by atoms with E-state index in [0.717, 1.165) is 40.8 Å². The van der Waals surface area contributed by atoms with Gasteiger partial charge in [-0.2, -0.15) is 0 Å². The van der Waals surface area contributed by atoms with Crippen LogP contribution in [-0.2, 0) is 6.42 Å². The number of benzene rings is 3. The molecule has 1 aliphatic carbocycles. The largest absolute Gasteiger partial charge is 0.206 e. The molecule has 0 aromatic heterocycles. The van der Waals surface area contributed by atoms with Gasteiger partial charge in [-0.05, 0) is 91.1 Å². The first-order chi connectivity index (χ1) is 16.2. The summed E-state index contributed by atoms with van der Waals surface area (Å²) < 4.78 is 15.0. The molecule has 3 aromatic carbocycles. The van der Waals surface area contributed by atoms with Gasteiger partial charge in [0.25, 0.3) is 0 Å². The Hall–Kier alpha value is -2.59. The molecule has 0 spiro atoms. The first-order valence-corrected chi connectivity index (χ1v) is 13.0. The van der Waals surface area contributed by atoms with Crippen LogP contribution in [-0.4, -0.2) is 0 Å². The maximum absolute atomic E-state index is 15.0. The molecule has 0 aliphatic heterocycles. The van der Waals surface area contributed by atoms with E-state index >= 15 is 0 Å². The zero-order chi connectivity index (χ0) is 23.0. The van der Waals surface area contributed by atoms with E-state index in [1.807, 2.05) is 30.3 Å². The molecule has 1 saturated carbocycles. The second-order valence-electron chi connectivity index (χ2n) is 9.78. The minimum absolute atomic E-state index is 0.0629. The van der Waals surface area contributed by atoms with Crippen LogP contribution in [0.2, 0.25) is 0 Å². The molecule has 3 aromatic rings. The van der Waals surface area contributed by atoms with Gasteiger partial charge in [0.1, 0.15) is 5.82 Å². The summed E-state index contributed by atoms with van der Waals surface area (Å²) in [6.45, 7) is 4.52. The Kier molecular flexibility index (Phi) is 8.22. The fourth-order valence-electron chi connectivity index (χ4n) is 5.24. The summed E-state index contributed by atoms with van der Waals surface area (Å²) in [6, 6.07) is 18.7. The summed E-state index contributed by atoms with van der Waals surface area (Å²) in [5.74, 6) is 8.15. The Balaban J connectivity index is 1.42. The first kappa shape index (κ1) is 23.6. The molecular formula is C32H37F. The fourth-order valence-corrected chi connectivity index (χ4v) is 5.24. The average Bonchev–Trinajstić information content (AvgIpc) is 2.87. The number of hydrogen-bond acceptors (Lipinski definition) is 0. The van der Waals surface area contributed by atoms with E-state index in [4.69, 9.17) is 0 Å². The standard InChI is InChI=1S/C32H37F/c1-3-5-6-7-8-29-20-21-30-23-26(15-22-31(30)32(29)33)10-9-25-13-18-28(19-14-25)27-16-11-24(4-2)12-17-27/h13-15,18-24,27H,3-8,11-12,16-17H2,1-2H3. The van der Waals surface area contributed by atoms with Gasteiger partial charge in [-0.15, -0.1) is 0 Å². The summed E-state index contributed by atoms with van der Waals surface area (Å²) in [5.41, 5.74) is 4.26. The van der Waals surface area contributed by atoms with Crippen LogP contribution in [0.15, 0.2) is 54.6 Å². The van der Waals surface area contributed by atoms with Gasteiger partial charge < -0.3 is 0 Å². The highest BCUT2D eigenvalue weighted by Gasteiger charge is 2.21. The molecular weight excluding hydrogens is 403 g/mol. The Morgan fingerprint density at radius 3 is 2.24 bits per heavy atom. The lowest BCUT2D eigenvalue weighted by molar-refractivity contribution is 0.319. The molecule has 0 N–H and O–H groups in total. The molecule has 4 rings (SSSR count). The lowest BCUT2D eigenvalue weighted by Gasteiger charge is -2.28. The number of aryl methyl sites for hydroxylation is 1. The van der Waals surface area contributed by atoms with Gasteiger partial charge in [-0.25, -0.2) is 4.39 Å². The topological polar surface area (TPSA) is 0 Å². The molecule has 33 heavy (non-hydrogen) atoms. The predicted octanol–water partition coefficient (Wildman–Crippen LogP) is 9.19. The summed E-state index contributed by atoms with van der Waals surface area (Å²) in [4.78, 5) is 0. The van der Waals surface area contributed by atoms with Crippen molar-refractivity contribution in [1.82, 2.24) is 0 Å². The van der Waals surface area contributed by atoms with Gasteiger partial charge >= 0.3 is 0 Å². The van der Waals surface area contributed by atoms with Crippen LogP contribution in [0.5, 0.6) is 0 Å². The van der Waals surface area contributed by atoms with Crippen molar-refractivity contribution >= 4 is 10.8 Å². The van der Waals surface area contributed by atoms with Crippen LogP contribution in [0.3, 0.4) is 0 Å². The van der Waals surface area contributed by atoms with E-state index in [1.165, 1.54) is 56.9 Å². The van der Waals surface area contributed by atoms with Crippen LogP contribution in [0.1, 0.15) is 99.8 Å². The van der Waals surface area contributed by atoms with Gasteiger partial charge in [-0.1, -0.05) is 81.7 Å². The Labute approximate surface area is 199 Å². The summed E-state index contributed by atoms with van der Waals surface area (Å²) in [6.07, 6.45) is 12.2. The van der Waals surface area contributed by atoms with Crippen LogP contribution < -0.4 is 0 Å². The van der Waals surface area contributed by atoms with Crippen molar-refractivity contribution in [3.63, 3.8) is 0 Å². The number of fused-ring (bicyclic) bond motifs is 1. The van der Waals surface area contributed by atoms with Gasteiger partial charge in [0, 0.05) is 16.5 Å². The highest BCUT2D eigenvalue weighted by atomic mass is 19.1. The van der Waals surface area contributed by atoms with Crippen LogP contribution in [0.25, 0.3) is 10.8 Å². The highest BCUT2D eigenvalue weighted by molar-refractivity contribution is 5.85.